The minimum Gasteiger partial charge on any atom is -0.474 e. The van der Waals surface area contributed by atoms with Crippen molar-refractivity contribution in [3.63, 3.8) is 0 Å². The van der Waals surface area contributed by atoms with E-state index in [0.717, 1.165) is 22.3 Å². The molecule has 1 aliphatic heterocycles. The smallest absolute Gasteiger partial charge is 0.261 e. The second-order valence-electron chi connectivity index (χ2n) is 8.18. The summed E-state index contributed by atoms with van der Waals surface area (Å²) in [4.78, 5) is 49.0. The van der Waals surface area contributed by atoms with Gasteiger partial charge in [0, 0.05) is 30.6 Å². The van der Waals surface area contributed by atoms with Gasteiger partial charge in [0.2, 0.25) is 11.8 Å². The third-order valence-corrected chi connectivity index (χ3v) is 7.05. The van der Waals surface area contributed by atoms with Crippen molar-refractivity contribution in [2.75, 3.05) is 25.4 Å². The van der Waals surface area contributed by atoms with Gasteiger partial charge in [-0.3, -0.25) is 14.4 Å². The van der Waals surface area contributed by atoms with Crippen molar-refractivity contribution in [3.05, 3.63) is 46.1 Å². The number of primary amides is 1. The lowest BCUT2D eigenvalue weighted by atomic mass is 10.1. The van der Waals surface area contributed by atoms with E-state index in [4.69, 9.17) is 27.8 Å². The average Bonchev–Trinajstić information content (AvgIpc) is 3.16. The fourth-order valence-electron chi connectivity index (χ4n) is 4.15. The van der Waals surface area contributed by atoms with E-state index < -0.39 is 11.9 Å². The van der Waals surface area contributed by atoms with Crippen LogP contribution >= 0.6 is 22.9 Å². The molecule has 0 spiro atoms. The molecule has 1 unspecified atom stereocenters. The van der Waals surface area contributed by atoms with E-state index >= 15 is 0 Å². The van der Waals surface area contributed by atoms with E-state index in [-0.39, 0.29) is 24.8 Å². The molecule has 3 amide bonds. The minimum atomic E-state index is -0.588. The molecule has 1 aliphatic rings. The molecule has 184 valence electrons. The minimum absolute atomic E-state index is 0.0329. The molecule has 1 fully saturated rings. The maximum atomic E-state index is 13.2. The number of amides is 3. The molecule has 1 aromatic carbocycles. The van der Waals surface area contributed by atoms with Crippen molar-refractivity contribution in [2.45, 2.75) is 32.4 Å². The van der Waals surface area contributed by atoms with Crippen LogP contribution in [0.4, 0.5) is 5.82 Å². The lowest BCUT2D eigenvalue weighted by molar-refractivity contribution is -0.153. The number of aromatic nitrogens is 2. The Kier molecular flexibility index (Phi) is 7.37. The summed E-state index contributed by atoms with van der Waals surface area (Å²) < 4.78 is 6.10. The highest BCUT2D eigenvalue weighted by molar-refractivity contribution is 7.18. The predicted molar refractivity (Wildman–Crippen MR) is 133 cm³/mol. The summed E-state index contributed by atoms with van der Waals surface area (Å²) >= 11 is 7.16. The molecule has 3 heterocycles. The Bertz CT molecular complexity index is 1280. The highest BCUT2D eigenvalue weighted by atomic mass is 35.5. The van der Waals surface area contributed by atoms with Crippen LogP contribution in [0.15, 0.2) is 30.6 Å². The Morgan fingerprint density at radius 1 is 1.26 bits per heavy atom. The van der Waals surface area contributed by atoms with Crippen LogP contribution in [0.2, 0.25) is 4.34 Å². The van der Waals surface area contributed by atoms with Gasteiger partial charge in [-0.15, -0.1) is 0 Å². The zero-order chi connectivity index (χ0) is 25.1. The zero-order valence-electron chi connectivity index (χ0n) is 19.1. The van der Waals surface area contributed by atoms with Crippen molar-refractivity contribution >= 4 is 57.4 Å². The number of hydrogen-bond acceptors (Lipinski definition) is 8. The number of benzene rings is 1. The molecule has 4 N–H and O–H groups in total. The van der Waals surface area contributed by atoms with E-state index in [9.17, 15) is 14.4 Å². The SMILES string of the molecule is CCC1C(=O)N(Cc2ccc3c(N)ncnc3c2)CCN1C(=O)COc1sc(Cl)cc1CC(N)=O. The first-order valence-electron chi connectivity index (χ1n) is 11.0. The molecule has 12 heteroatoms. The molecule has 4 rings (SSSR count). The zero-order valence-corrected chi connectivity index (χ0v) is 20.6. The summed E-state index contributed by atoms with van der Waals surface area (Å²) in [6.45, 7) is 2.78. The highest BCUT2D eigenvalue weighted by Gasteiger charge is 2.36. The third-order valence-electron chi connectivity index (χ3n) is 5.83. The van der Waals surface area contributed by atoms with E-state index in [1.54, 1.807) is 15.9 Å². The van der Waals surface area contributed by atoms with Crippen LogP contribution in [0.3, 0.4) is 0 Å². The number of fused-ring (bicyclic) bond motifs is 1. The molecule has 10 nitrogen and oxygen atoms in total. The Labute approximate surface area is 210 Å². The van der Waals surface area contributed by atoms with Crippen LogP contribution in [-0.4, -0.2) is 63.2 Å². The first-order valence-corrected chi connectivity index (χ1v) is 12.2. The lowest BCUT2D eigenvalue weighted by Crippen LogP contribution is -2.59. The Balaban J connectivity index is 1.41. The molecule has 0 radical (unpaired) electrons. The number of nitrogen functional groups attached to an aromatic ring is 1. The Morgan fingerprint density at radius 2 is 2.06 bits per heavy atom. The average molecular weight is 517 g/mol. The van der Waals surface area contributed by atoms with Crippen molar-refractivity contribution < 1.29 is 19.1 Å². The molecule has 1 saturated heterocycles. The summed E-state index contributed by atoms with van der Waals surface area (Å²) in [7, 11) is 0. The quantitative estimate of drug-likeness (QED) is 0.465. The molecule has 0 aliphatic carbocycles. The first kappa shape index (κ1) is 24.7. The van der Waals surface area contributed by atoms with E-state index in [1.807, 2.05) is 25.1 Å². The predicted octanol–water partition coefficient (Wildman–Crippen LogP) is 1.98. The van der Waals surface area contributed by atoms with Gasteiger partial charge in [0.25, 0.3) is 5.91 Å². The fraction of sp³-hybridized carbons (Fsp3) is 0.348. The Hall–Kier alpha value is -3.44. The van der Waals surface area contributed by atoms with Crippen LogP contribution in [0, 0.1) is 0 Å². The number of anilines is 1. The van der Waals surface area contributed by atoms with E-state index in [2.05, 4.69) is 9.97 Å². The number of halogens is 1. The maximum absolute atomic E-state index is 13.2. The molecule has 35 heavy (non-hydrogen) atoms. The first-order chi connectivity index (χ1) is 16.8. The summed E-state index contributed by atoms with van der Waals surface area (Å²) in [5, 5.41) is 1.14. The summed E-state index contributed by atoms with van der Waals surface area (Å²) in [6, 6.07) is 6.65. The molecular weight excluding hydrogens is 492 g/mol. The van der Waals surface area contributed by atoms with E-state index in [0.29, 0.717) is 52.4 Å². The van der Waals surface area contributed by atoms with Gasteiger partial charge in [-0.1, -0.05) is 35.9 Å². The van der Waals surface area contributed by atoms with Gasteiger partial charge < -0.3 is 26.0 Å². The summed E-state index contributed by atoms with van der Waals surface area (Å²) in [6.07, 6.45) is 1.85. The second kappa shape index (κ2) is 10.4. The number of carbonyl (C=O) groups excluding carboxylic acids is 3. The number of rotatable bonds is 8. The molecule has 0 saturated carbocycles. The van der Waals surface area contributed by atoms with Gasteiger partial charge >= 0.3 is 0 Å². The van der Waals surface area contributed by atoms with Gasteiger partial charge in [0.05, 0.1) is 16.3 Å². The monoisotopic (exact) mass is 516 g/mol. The number of nitrogens with two attached hydrogens (primary N) is 2. The number of carbonyl (C=O) groups is 3. The lowest BCUT2D eigenvalue weighted by Gasteiger charge is -2.40. The number of thiophene rings is 1. The van der Waals surface area contributed by atoms with E-state index in [1.165, 1.54) is 6.33 Å². The van der Waals surface area contributed by atoms with Crippen molar-refractivity contribution in [3.8, 4) is 5.06 Å². The van der Waals surface area contributed by atoms with Gasteiger partial charge in [-0.05, 0) is 30.2 Å². The van der Waals surface area contributed by atoms with Crippen LogP contribution in [0.1, 0.15) is 24.5 Å². The molecule has 0 bridgehead atoms. The molecule has 2 aromatic heterocycles. The van der Waals surface area contributed by atoms with Crippen molar-refractivity contribution in [2.24, 2.45) is 5.73 Å². The van der Waals surface area contributed by atoms with Gasteiger partial charge in [-0.25, -0.2) is 9.97 Å². The molecule has 3 aromatic rings. The highest BCUT2D eigenvalue weighted by Crippen LogP contribution is 2.34. The standard InChI is InChI=1S/C23H25ClN6O4S/c1-2-17-22(33)29(10-13-3-4-15-16(7-13)27-12-28-21(15)26)5-6-30(17)20(32)11-34-23-14(9-19(25)31)8-18(24)35-23/h3-4,7-8,12,17H,2,5-6,9-11H2,1H3,(H2,25,31)(H2,26,27,28). The van der Waals surface area contributed by atoms with Crippen molar-refractivity contribution in [1.29, 1.82) is 0 Å². The number of hydrogen-bond donors (Lipinski definition) is 2. The summed E-state index contributed by atoms with van der Waals surface area (Å²) in [5.74, 6) is -0.546. The summed E-state index contributed by atoms with van der Waals surface area (Å²) in [5.41, 5.74) is 13.3. The number of piperazine rings is 1. The van der Waals surface area contributed by atoms with Crippen molar-refractivity contribution in [1.82, 2.24) is 19.8 Å². The second-order valence-corrected chi connectivity index (χ2v) is 9.82. The largest absolute Gasteiger partial charge is 0.474 e. The van der Waals surface area contributed by atoms with Crippen LogP contribution < -0.4 is 16.2 Å². The Morgan fingerprint density at radius 3 is 2.80 bits per heavy atom. The van der Waals surface area contributed by atoms with Gasteiger partial charge in [-0.2, -0.15) is 0 Å². The van der Waals surface area contributed by atoms with Crippen LogP contribution in [0.25, 0.3) is 10.9 Å². The third kappa shape index (κ3) is 5.46. The van der Waals surface area contributed by atoms with Crippen LogP contribution in [-0.2, 0) is 27.3 Å². The molecule has 1 atom stereocenters. The number of ether oxygens (including phenoxy) is 1. The normalized spacial score (nSPS) is 16.1. The fourth-order valence-corrected chi connectivity index (χ4v) is 5.25. The topological polar surface area (TPSA) is 145 Å². The maximum Gasteiger partial charge on any atom is 0.261 e. The van der Waals surface area contributed by atoms with Gasteiger partial charge in [0.1, 0.15) is 18.2 Å². The van der Waals surface area contributed by atoms with Gasteiger partial charge in [0.15, 0.2) is 11.7 Å². The number of nitrogens with zero attached hydrogens (tertiary/aromatic N) is 4. The molecular formula is C23H25ClN6O4S. The van der Waals surface area contributed by atoms with Crippen LogP contribution in [0.5, 0.6) is 5.06 Å².